The number of hydrogen-bond acceptors (Lipinski definition) is 5. The molecule has 24 heavy (non-hydrogen) atoms. The fourth-order valence-corrected chi connectivity index (χ4v) is 2.87. The van der Waals surface area contributed by atoms with Crippen LogP contribution in [-0.4, -0.2) is 35.0 Å². The fourth-order valence-electron chi connectivity index (χ4n) is 2.87. The van der Waals surface area contributed by atoms with E-state index in [4.69, 9.17) is 15.0 Å². The Morgan fingerprint density at radius 3 is 2.75 bits per heavy atom. The number of aryl methyl sites for hydroxylation is 1. The van der Waals surface area contributed by atoms with Gasteiger partial charge in [-0.2, -0.15) is 0 Å². The number of rotatable bonds is 5. The molecule has 2 heterocycles. The van der Waals surface area contributed by atoms with Crippen molar-refractivity contribution in [2.75, 3.05) is 13.2 Å². The molecule has 2 aromatic rings. The summed E-state index contributed by atoms with van der Waals surface area (Å²) >= 11 is 0. The van der Waals surface area contributed by atoms with Crippen LogP contribution >= 0.6 is 0 Å². The third-order valence-corrected chi connectivity index (χ3v) is 3.98. The van der Waals surface area contributed by atoms with Crippen LogP contribution in [0.4, 0.5) is 0 Å². The van der Waals surface area contributed by atoms with Crippen LogP contribution in [-0.2, 0) is 4.79 Å². The molecule has 0 spiro atoms. The normalized spacial score (nSPS) is 17.0. The number of hydrogen-bond donors (Lipinski definition) is 1. The number of nitrogens with zero attached hydrogens (tertiary/aromatic N) is 2. The minimum absolute atomic E-state index is 0.0549. The van der Waals surface area contributed by atoms with E-state index in [9.17, 15) is 9.59 Å². The summed E-state index contributed by atoms with van der Waals surface area (Å²) in [5.41, 5.74) is 6.39. The van der Waals surface area contributed by atoms with Crippen molar-refractivity contribution in [2.24, 2.45) is 5.73 Å². The highest BCUT2D eigenvalue weighted by Crippen LogP contribution is 2.32. The second-order valence-corrected chi connectivity index (χ2v) is 5.80. The van der Waals surface area contributed by atoms with E-state index in [1.54, 1.807) is 24.3 Å². The largest absolute Gasteiger partial charge is 0.484 e. The lowest BCUT2D eigenvalue weighted by atomic mass is 10.1. The Morgan fingerprint density at radius 2 is 2.12 bits per heavy atom. The van der Waals surface area contributed by atoms with Gasteiger partial charge in [-0.25, -0.2) is 0 Å². The van der Waals surface area contributed by atoms with E-state index in [1.807, 2.05) is 17.9 Å². The minimum atomic E-state index is -0.544. The van der Waals surface area contributed by atoms with Gasteiger partial charge in [0, 0.05) is 18.2 Å². The molecule has 126 valence electrons. The summed E-state index contributed by atoms with van der Waals surface area (Å²) in [5.74, 6) is 0.633. The van der Waals surface area contributed by atoms with Crippen molar-refractivity contribution in [3.8, 4) is 5.75 Å². The zero-order chi connectivity index (χ0) is 17.1. The molecule has 0 unspecified atom stereocenters. The van der Waals surface area contributed by atoms with Gasteiger partial charge in [0.2, 0.25) is 0 Å². The Bertz CT molecular complexity index is 739. The summed E-state index contributed by atoms with van der Waals surface area (Å²) in [7, 11) is 0. The lowest BCUT2D eigenvalue weighted by molar-refractivity contribution is -0.119. The van der Waals surface area contributed by atoms with Crippen molar-refractivity contribution < 1.29 is 18.8 Å². The second kappa shape index (κ2) is 6.74. The van der Waals surface area contributed by atoms with Gasteiger partial charge in [0.05, 0.1) is 6.04 Å². The highest BCUT2D eigenvalue weighted by atomic mass is 16.5. The first-order valence-corrected chi connectivity index (χ1v) is 7.80. The highest BCUT2D eigenvalue weighted by Gasteiger charge is 2.32. The molecule has 1 fully saturated rings. The fraction of sp³-hybridized carbons (Fsp3) is 0.353. The molecule has 1 atom stereocenters. The molecule has 3 rings (SSSR count). The van der Waals surface area contributed by atoms with E-state index in [2.05, 4.69) is 5.16 Å². The van der Waals surface area contributed by atoms with Crippen LogP contribution in [0.15, 0.2) is 34.9 Å². The van der Waals surface area contributed by atoms with E-state index in [1.165, 1.54) is 0 Å². The number of carbonyl (C=O) groups excluding carboxylic acids is 2. The van der Waals surface area contributed by atoms with Gasteiger partial charge in [-0.15, -0.1) is 0 Å². The van der Waals surface area contributed by atoms with Crippen LogP contribution in [0.5, 0.6) is 5.75 Å². The molecule has 1 aromatic carbocycles. The number of carbonyl (C=O) groups is 2. The third kappa shape index (κ3) is 3.40. The smallest absolute Gasteiger partial charge is 0.255 e. The predicted molar refractivity (Wildman–Crippen MR) is 85.4 cm³/mol. The molecule has 0 aliphatic carbocycles. The quantitative estimate of drug-likeness (QED) is 0.902. The molecule has 2 N–H and O–H groups in total. The number of amides is 2. The Balaban J connectivity index is 1.72. The maximum Gasteiger partial charge on any atom is 0.255 e. The van der Waals surface area contributed by atoms with Crippen LogP contribution in [0, 0.1) is 6.92 Å². The summed E-state index contributed by atoms with van der Waals surface area (Å²) in [6, 6.07) is 8.49. The number of nitrogens with two attached hydrogens (primary N) is 1. The molecule has 0 bridgehead atoms. The van der Waals surface area contributed by atoms with Crippen molar-refractivity contribution >= 4 is 11.8 Å². The van der Waals surface area contributed by atoms with Gasteiger partial charge in [0.15, 0.2) is 6.61 Å². The molecular formula is C17H19N3O4. The number of aromatic nitrogens is 1. The standard InChI is InChI=1S/C17H19N3O4/c1-11-9-14(19-24-11)15-3-2-8-20(15)17(22)12-4-6-13(7-5-12)23-10-16(18)21/h4-7,9,15H,2-3,8,10H2,1H3,(H2,18,21)/t15-/m0/s1. The second-order valence-electron chi connectivity index (χ2n) is 5.80. The van der Waals surface area contributed by atoms with Crippen molar-refractivity contribution in [1.29, 1.82) is 0 Å². The van der Waals surface area contributed by atoms with Crippen molar-refractivity contribution in [2.45, 2.75) is 25.8 Å². The molecule has 1 aliphatic rings. The summed E-state index contributed by atoms with van der Waals surface area (Å²) < 4.78 is 10.3. The van der Waals surface area contributed by atoms with Gasteiger partial charge in [0.1, 0.15) is 17.2 Å². The zero-order valence-corrected chi connectivity index (χ0v) is 13.4. The van der Waals surface area contributed by atoms with Crippen LogP contribution in [0.3, 0.4) is 0 Å². The lowest BCUT2D eigenvalue weighted by Gasteiger charge is -2.23. The molecule has 7 nitrogen and oxygen atoms in total. The van der Waals surface area contributed by atoms with Gasteiger partial charge in [-0.05, 0) is 44.0 Å². The van der Waals surface area contributed by atoms with E-state index in [0.717, 1.165) is 24.3 Å². The van der Waals surface area contributed by atoms with E-state index >= 15 is 0 Å². The van der Waals surface area contributed by atoms with Crippen LogP contribution in [0.1, 0.15) is 40.7 Å². The Hall–Kier alpha value is -2.83. The summed E-state index contributed by atoms with van der Waals surface area (Å²) in [5, 5.41) is 4.05. The number of ether oxygens (including phenoxy) is 1. The molecular weight excluding hydrogens is 310 g/mol. The first kappa shape index (κ1) is 16.0. The van der Waals surface area contributed by atoms with Gasteiger partial charge < -0.3 is 19.9 Å². The number of likely N-dealkylation sites (tertiary alicyclic amines) is 1. The Kier molecular flexibility index (Phi) is 4.50. The molecule has 1 saturated heterocycles. The minimum Gasteiger partial charge on any atom is -0.484 e. The topological polar surface area (TPSA) is 98.7 Å². The van der Waals surface area contributed by atoms with Gasteiger partial charge in [-0.3, -0.25) is 9.59 Å². The summed E-state index contributed by atoms with van der Waals surface area (Å²) in [4.78, 5) is 25.3. The van der Waals surface area contributed by atoms with Gasteiger partial charge in [0.25, 0.3) is 11.8 Å². The van der Waals surface area contributed by atoms with Crippen molar-refractivity contribution in [3.05, 3.63) is 47.3 Å². The summed E-state index contributed by atoms with van der Waals surface area (Å²) in [6.45, 7) is 2.34. The average Bonchev–Trinajstić information content (AvgIpc) is 3.21. The van der Waals surface area contributed by atoms with Crippen LogP contribution < -0.4 is 10.5 Å². The maximum absolute atomic E-state index is 12.8. The number of primary amides is 1. The van der Waals surface area contributed by atoms with Crippen LogP contribution in [0.25, 0.3) is 0 Å². The first-order valence-electron chi connectivity index (χ1n) is 7.80. The highest BCUT2D eigenvalue weighted by molar-refractivity contribution is 5.94. The predicted octanol–water partition coefficient (Wildman–Crippen LogP) is 1.82. The van der Waals surface area contributed by atoms with E-state index < -0.39 is 5.91 Å². The van der Waals surface area contributed by atoms with E-state index in [0.29, 0.717) is 17.9 Å². The molecule has 0 saturated carbocycles. The maximum atomic E-state index is 12.8. The molecule has 1 aromatic heterocycles. The van der Waals surface area contributed by atoms with Gasteiger partial charge >= 0.3 is 0 Å². The van der Waals surface area contributed by atoms with Gasteiger partial charge in [-0.1, -0.05) is 5.16 Å². The lowest BCUT2D eigenvalue weighted by Crippen LogP contribution is -2.30. The van der Waals surface area contributed by atoms with Crippen LogP contribution in [0.2, 0.25) is 0 Å². The van der Waals surface area contributed by atoms with E-state index in [-0.39, 0.29) is 18.6 Å². The van der Waals surface area contributed by atoms with Crippen molar-refractivity contribution in [3.63, 3.8) is 0 Å². The third-order valence-electron chi connectivity index (χ3n) is 3.98. The molecule has 7 heteroatoms. The molecule has 1 aliphatic heterocycles. The number of benzene rings is 1. The Labute approximate surface area is 139 Å². The molecule has 2 amide bonds. The zero-order valence-electron chi connectivity index (χ0n) is 13.4. The summed E-state index contributed by atoms with van der Waals surface area (Å²) in [6.07, 6.45) is 1.81. The average molecular weight is 329 g/mol. The SMILES string of the molecule is Cc1cc([C@@H]2CCCN2C(=O)c2ccc(OCC(N)=O)cc2)no1. The molecule has 0 radical (unpaired) electrons. The first-order chi connectivity index (χ1) is 11.5. The Morgan fingerprint density at radius 1 is 1.38 bits per heavy atom. The van der Waals surface area contributed by atoms with Crippen molar-refractivity contribution in [1.82, 2.24) is 10.1 Å². The monoisotopic (exact) mass is 329 g/mol.